The monoisotopic (exact) mass is 275 g/mol. The van der Waals surface area contributed by atoms with Crippen LogP contribution in [-0.4, -0.2) is 18.8 Å². The molecular formula is C14H17F4N. The van der Waals surface area contributed by atoms with E-state index < -0.39 is 12.6 Å². The first-order valence-electron chi connectivity index (χ1n) is 6.49. The van der Waals surface area contributed by atoms with Crippen LogP contribution in [0.5, 0.6) is 0 Å². The van der Waals surface area contributed by atoms with Crippen LogP contribution in [0.3, 0.4) is 0 Å². The normalized spacial score (nSPS) is 23.2. The lowest BCUT2D eigenvalue weighted by atomic mass is 9.76. The van der Waals surface area contributed by atoms with Gasteiger partial charge in [0.25, 0.3) is 0 Å². The SMILES string of the molecule is Fc1ccc(C2CC(NCCCC(F)(F)F)C2)cc1. The smallest absolute Gasteiger partial charge is 0.314 e. The maximum absolute atomic E-state index is 12.7. The molecule has 106 valence electrons. The zero-order valence-electron chi connectivity index (χ0n) is 10.5. The maximum atomic E-state index is 12.7. The van der Waals surface area contributed by atoms with E-state index in [0.29, 0.717) is 18.5 Å². The summed E-state index contributed by atoms with van der Waals surface area (Å²) in [4.78, 5) is 0. The Morgan fingerprint density at radius 2 is 1.74 bits per heavy atom. The summed E-state index contributed by atoms with van der Waals surface area (Å²) in [7, 11) is 0. The van der Waals surface area contributed by atoms with Crippen LogP contribution in [-0.2, 0) is 0 Å². The number of hydrogen-bond acceptors (Lipinski definition) is 1. The number of rotatable bonds is 5. The molecule has 0 spiro atoms. The highest BCUT2D eigenvalue weighted by molar-refractivity contribution is 5.23. The van der Waals surface area contributed by atoms with Crippen molar-refractivity contribution in [3.05, 3.63) is 35.6 Å². The molecule has 1 N–H and O–H groups in total. The summed E-state index contributed by atoms with van der Waals surface area (Å²) in [6.45, 7) is 0.403. The van der Waals surface area contributed by atoms with Gasteiger partial charge in [-0.15, -0.1) is 0 Å². The van der Waals surface area contributed by atoms with E-state index in [-0.39, 0.29) is 12.2 Å². The predicted octanol–water partition coefficient (Wildman–Crippen LogP) is 4.00. The van der Waals surface area contributed by atoms with Crippen LogP contribution in [0.15, 0.2) is 24.3 Å². The molecule has 5 heteroatoms. The molecule has 0 unspecified atom stereocenters. The Morgan fingerprint density at radius 3 is 2.32 bits per heavy atom. The summed E-state index contributed by atoms with van der Waals surface area (Å²) in [6, 6.07) is 6.74. The molecule has 0 aliphatic heterocycles. The van der Waals surface area contributed by atoms with Gasteiger partial charge in [0.1, 0.15) is 5.82 Å². The maximum Gasteiger partial charge on any atom is 0.389 e. The lowest BCUT2D eigenvalue weighted by Crippen LogP contribution is -2.40. The highest BCUT2D eigenvalue weighted by atomic mass is 19.4. The molecule has 1 aromatic rings. The molecule has 1 fully saturated rings. The first-order chi connectivity index (χ1) is 8.94. The second-order valence-corrected chi connectivity index (χ2v) is 5.09. The quantitative estimate of drug-likeness (QED) is 0.632. The molecule has 0 radical (unpaired) electrons. The molecule has 0 saturated heterocycles. The average Bonchev–Trinajstić information content (AvgIpc) is 2.27. The summed E-state index contributed by atoms with van der Waals surface area (Å²) in [5.74, 6) is 0.158. The van der Waals surface area contributed by atoms with Gasteiger partial charge in [0.2, 0.25) is 0 Å². The molecule has 1 aliphatic carbocycles. The molecule has 0 aromatic heterocycles. The largest absolute Gasteiger partial charge is 0.389 e. The molecule has 19 heavy (non-hydrogen) atoms. The summed E-state index contributed by atoms with van der Waals surface area (Å²) in [5.41, 5.74) is 1.11. The third-order valence-corrected chi connectivity index (χ3v) is 3.55. The van der Waals surface area contributed by atoms with Gasteiger partial charge in [-0.3, -0.25) is 0 Å². The minimum Gasteiger partial charge on any atom is -0.314 e. The minimum atomic E-state index is -4.06. The third kappa shape index (κ3) is 4.49. The Hall–Kier alpha value is -1.10. The van der Waals surface area contributed by atoms with Gasteiger partial charge in [0.05, 0.1) is 0 Å². The zero-order chi connectivity index (χ0) is 13.9. The van der Waals surface area contributed by atoms with E-state index >= 15 is 0 Å². The Morgan fingerprint density at radius 1 is 1.11 bits per heavy atom. The van der Waals surface area contributed by atoms with E-state index in [4.69, 9.17) is 0 Å². The van der Waals surface area contributed by atoms with E-state index in [2.05, 4.69) is 5.32 Å². The van der Waals surface area contributed by atoms with Crippen LogP contribution in [0.1, 0.15) is 37.2 Å². The topological polar surface area (TPSA) is 12.0 Å². The van der Waals surface area contributed by atoms with Crippen molar-refractivity contribution in [1.29, 1.82) is 0 Å². The Kier molecular flexibility index (Phi) is 4.45. The second kappa shape index (κ2) is 5.90. The second-order valence-electron chi connectivity index (χ2n) is 5.09. The molecule has 0 bridgehead atoms. The van der Waals surface area contributed by atoms with E-state index in [9.17, 15) is 17.6 Å². The minimum absolute atomic E-state index is 0.126. The van der Waals surface area contributed by atoms with E-state index in [0.717, 1.165) is 18.4 Å². The van der Waals surface area contributed by atoms with Gasteiger partial charge in [0.15, 0.2) is 0 Å². The Labute approximate surface area is 110 Å². The van der Waals surface area contributed by atoms with Gasteiger partial charge in [-0.2, -0.15) is 13.2 Å². The van der Waals surface area contributed by atoms with Crippen LogP contribution < -0.4 is 5.32 Å². The Balaban J connectivity index is 1.63. The fourth-order valence-corrected chi connectivity index (χ4v) is 2.39. The van der Waals surface area contributed by atoms with Crippen molar-refractivity contribution in [3.8, 4) is 0 Å². The van der Waals surface area contributed by atoms with Crippen LogP contribution >= 0.6 is 0 Å². The Bertz CT molecular complexity index is 393. The lowest BCUT2D eigenvalue weighted by Gasteiger charge is -2.36. The predicted molar refractivity (Wildman–Crippen MR) is 65.5 cm³/mol. The van der Waals surface area contributed by atoms with Crippen molar-refractivity contribution in [1.82, 2.24) is 5.32 Å². The summed E-state index contributed by atoms with van der Waals surface area (Å²) < 4.78 is 48.5. The fraction of sp³-hybridized carbons (Fsp3) is 0.571. The van der Waals surface area contributed by atoms with Crippen molar-refractivity contribution in [2.45, 2.75) is 43.8 Å². The molecule has 2 rings (SSSR count). The molecule has 0 atom stereocenters. The van der Waals surface area contributed by atoms with Crippen LogP contribution in [0.25, 0.3) is 0 Å². The molecular weight excluding hydrogens is 258 g/mol. The van der Waals surface area contributed by atoms with Gasteiger partial charge < -0.3 is 5.32 Å². The molecule has 1 saturated carbocycles. The zero-order valence-corrected chi connectivity index (χ0v) is 10.5. The molecule has 0 amide bonds. The fourth-order valence-electron chi connectivity index (χ4n) is 2.39. The van der Waals surface area contributed by atoms with Gasteiger partial charge >= 0.3 is 6.18 Å². The summed E-state index contributed by atoms with van der Waals surface area (Å²) in [6.07, 6.45) is -2.83. The standard InChI is InChI=1S/C14H17F4N/c15-12-4-2-10(3-5-12)11-8-13(9-11)19-7-1-6-14(16,17)18/h2-5,11,13,19H,1,6-9H2. The van der Waals surface area contributed by atoms with E-state index in [1.165, 1.54) is 12.1 Å². The average molecular weight is 275 g/mol. The van der Waals surface area contributed by atoms with Crippen LogP contribution in [0.2, 0.25) is 0 Å². The molecule has 1 aliphatic rings. The van der Waals surface area contributed by atoms with Crippen molar-refractivity contribution < 1.29 is 17.6 Å². The summed E-state index contributed by atoms with van der Waals surface area (Å²) in [5, 5.41) is 3.13. The van der Waals surface area contributed by atoms with Crippen molar-refractivity contribution >= 4 is 0 Å². The molecule has 0 heterocycles. The van der Waals surface area contributed by atoms with Gasteiger partial charge in [-0.25, -0.2) is 4.39 Å². The first-order valence-corrected chi connectivity index (χ1v) is 6.49. The van der Waals surface area contributed by atoms with Gasteiger partial charge in [0, 0.05) is 12.5 Å². The molecule has 1 aromatic carbocycles. The van der Waals surface area contributed by atoms with Crippen LogP contribution in [0, 0.1) is 5.82 Å². The summed E-state index contributed by atoms with van der Waals surface area (Å²) >= 11 is 0. The van der Waals surface area contributed by atoms with Crippen LogP contribution in [0.4, 0.5) is 17.6 Å². The lowest BCUT2D eigenvalue weighted by molar-refractivity contribution is -0.135. The number of alkyl halides is 3. The van der Waals surface area contributed by atoms with Crippen molar-refractivity contribution in [2.75, 3.05) is 6.54 Å². The van der Waals surface area contributed by atoms with E-state index in [1.807, 2.05) is 0 Å². The highest BCUT2D eigenvalue weighted by Gasteiger charge is 2.30. The first kappa shape index (κ1) is 14.3. The van der Waals surface area contributed by atoms with Crippen molar-refractivity contribution in [3.63, 3.8) is 0 Å². The van der Waals surface area contributed by atoms with E-state index in [1.54, 1.807) is 12.1 Å². The van der Waals surface area contributed by atoms with Crippen molar-refractivity contribution in [2.24, 2.45) is 0 Å². The third-order valence-electron chi connectivity index (χ3n) is 3.55. The highest BCUT2D eigenvalue weighted by Crippen LogP contribution is 2.36. The number of benzene rings is 1. The number of halogens is 4. The van der Waals surface area contributed by atoms with Gasteiger partial charge in [-0.1, -0.05) is 12.1 Å². The number of nitrogens with one attached hydrogen (secondary N) is 1. The van der Waals surface area contributed by atoms with Gasteiger partial charge in [-0.05, 0) is 49.4 Å². The molecule has 1 nitrogen and oxygen atoms in total. The number of hydrogen-bond donors (Lipinski definition) is 1.